The summed E-state index contributed by atoms with van der Waals surface area (Å²) in [6.45, 7) is 8.55. The number of benzene rings is 1. The van der Waals surface area contributed by atoms with Crippen molar-refractivity contribution in [3.63, 3.8) is 0 Å². The third-order valence-electron chi connectivity index (χ3n) is 2.97. The first-order valence-corrected chi connectivity index (χ1v) is 6.20. The van der Waals surface area contributed by atoms with Gasteiger partial charge in [0.2, 0.25) is 5.91 Å². The van der Waals surface area contributed by atoms with Crippen molar-refractivity contribution in [2.75, 3.05) is 10.6 Å². The summed E-state index contributed by atoms with van der Waals surface area (Å²) >= 11 is 0. The van der Waals surface area contributed by atoms with Crippen molar-refractivity contribution in [1.29, 1.82) is 0 Å². The highest BCUT2D eigenvalue weighted by atomic mass is 16.1. The normalized spacial score (nSPS) is 14.1. The molecular weight excluding hydrogens is 212 g/mol. The Labute approximate surface area is 103 Å². The molecule has 2 rings (SSSR count). The Hall–Kier alpha value is -1.51. The average molecular weight is 232 g/mol. The lowest BCUT2D eigenvalue weighted by Gasteiger charge is -2.17. The molecule has 1 aliphatic heterocycles. The molecule has 3 heteroatoms. The van der Waals surface area contributed by atoms with Gasteiger partial charge in [-0.1, -0.05) is 19.9 Å². The number of hydrogen-bond donors (Lipinski definition) is 2. The molecule has 0 saturated heterocycles. The van der Waals surface area contributed by atoms with Crippen LogP contribution in [0.25, 0.3) is 0 Å². The molecule has 0 atom stereocenters. The van der Waals surface area contributed by atoms with Gasteiger partial charge in [-0.25, -0.2) is 0 Å². The lowest BCUT2D eigenvalue weighted by molar-refractivity contribution is -0.115. The Morgan fingerprint density at radius 3 is 2.53 bits per heavy atom. The molecule has 1 amide bonds. The molecule has 0 fully saturated rings. The zero-order valence-electron chi connectivity index (χ0n) is 10.9. The first kappa shape index (κ1) is 12.0. The molecule has 0 aromatic heterocycles. The van der Waals surface area contributed by atoms with E-state index in [1.54, 1.807) is 0 Å². The summed E-state index contributed by atoms with van der Waals surface area (Å²) in [6.07, 6.45) is 0.503. The molecule has 1 aromatic carbocycles. The molecule has 1 aliphatic rings. The summed E-state index contributed by atoms with van der Waals surface area (Å²) < 4.78 is 0. The number of fused-ring (bicyclic) bond motifs is 1. The van der Waals surface area contributed by atoms with Crippen LogP contribution in [0, 0.1) is 0 Å². The Kier molecular flexibility index (Phi) is 3.09. The van der Waals surface area contributed by atoms with Gasteiger partial charge in [0.1, 0.15) is 0 Å². The van der Waals surface area contributed by atoms with Gasteiger partial charge in [0.25, 0.3) is 0 Å². The van der Waals surface area contributed by atoms with E-state index in [2.05, 4.69) is 50.5 Å². The summed E-state index contributed by atoms with van der Waals surface area (Å²) in [4.78, 5) is 11.5. The van der Waals surface area contributed by atoms with Gasteiger partial charge in [0, 0.05) is 6.04 Å². The fraction of sp³-hybridized carbons (Fsp3) is 0.500. The number of carbonyl (C=O) groups is 1. The van der Waals surface area contributed by atoms with E-state index < -0.39 is 0 Å². The van der Waals surface area contributed by atoms with Crippen molar-refractivity contribution in [1.82, 2.24) is 0 Å². The van der Waals surface area contributed by atoms with Crippen molar-refractivity contribution in [3.05, 3.63) is 23.3 Å². The second-order valence-corrected chi connectivity index (χ2v) is 5.28. The smallest absolute Gasteiger partial charge is 0.228 e. The third kappa shape index (κ3) is 2.43. The minimum atomic E-state index is 0.0905. The second kappa shape index (κ2) is 4.40. The predicted octanol–water partition coefficient (Wildman–Crippen LogP) is 3.12. The standard InChI is InChI=1S/C14H20N2O/c1-8(2)10-5-11-7-13(17)16-14(11)12(6-10)15-9(3)4/h5-6,8-9,15H,7H2,1-4H3,(H,16,17). The topological polar surface area (TPSA) is 41.1 Å². The van der Waals surface area contributed by atoms with Crippen LogP contribution in [0.2, 0.25) is 0 Å². The van der Waals surface area contributed by atoms with Crippen molar-refractivity contribution in [3.8, 4) is 0 Å². The highest BCUT2D eigenvalue weighted by Gasteiger charge is 2.22. The quantitative estimate of drug-likeness (QED) is 0.840. The summed E-state index contributed by atoms with van der Waals surface area (Å²) in [6, 6.07) is 4.65. The molecule has 0 saturated carbocycles. The summed E-state index contributed by atoms with van der Waals surface area (Å²) in [7, 11) is 0. The zero-order valence-corrected chi connectivity index (χ0v) is 10.9. The number of rotatable bonds is 3. The van der Waals surface area contributed by atoms with E-state index in [9.17, 15) is 4.79 Å². The maximum atomic E-state index is 11.5. The average Bonchev–Trinajstić information content (AvgIpc) is 2.57. The van der Waals surface area contributed by atoms with E-state index in [1.807, 2.05) is 0 Å². The number of amides is 1. The predicted molar refractivity (Wildman–Crippen MR) is 71.6 cm³/mol. The minimum absolute atomic E-state index is 0.0905. The van der Waals surface area contributed by atoms with Crippen molar-refractivity contribution in [2.45, 2.75) is 46.1 Å². The molecule has 2 N–H and O–H groups in total. The third-order valence-corrected chi connectivity index (χ3v) is 2.97. The van der Waals surface area contributed by atoms with E-state index in [4.69, 9.17) is 0 Å². The first-order chi connectivity index (χ1) is 7.97. The van der Waals surface area contributed by atoms with Gasteiger partial charge in [-0.3, -0.25) is 4.79 Å². The van der Waals surface area contributed by atoms with Crippen LogP contribution >= 0.6 is 0 Å². The lowest BCUT2D eigenvalue weighted by Crippen LogP contribution is -2.12. The summed E-state index contributed by atoms with van der Waals surface area (Å²) in [5.41, 5.74) is 4.41. The SMILES string of the molecule is CC(C)Nc1cc(C(C)C)cc2c1NC(=O)C2. The molecule has 1 heterocycles. The van der Waals surface area contributed by atoms with Crippen LogP contribution in [0.4, 0.5) is 11.4 Å². The van der Waals surface area contributed by atoms with Gasteiger partial charge < -0.3 is 10.6 Å². The van der Waals surface area contributed by atoms with Gasteiger partial charge in [0.15, 0.2) is 0 Å². The Balaban J connectivity index is 2.45. The van der Waals surface area contributed by atoms with Crippen LogP contribution < -0.4 is 10.6 Å². The lowest BCUT2D eigenvalue weighted by atomic mass is 9.98. The molecule has 0 unspecified atom stereocenters. The van der Waals surface area contributed by atoms with Crippen molar-refractivity contribution >= 4 is 17.3 Å². The van der Waals surface area contributed by atoms with Gasteiger partial charge >= 0.3 is 0 Å². The first-order valence-electron chi connectivity index (χ1n) is 6.20. The highest BCUT2D eigenvalue weighted by molar-refractivity contribution is 6.03. The molecule has 17 heavy (non-hydrogen) atoms. The maximum absolute atomic E-state index is 11.5. The molecule has 0 bridgehead atoms. The van der Waals surface area contributed by atoms with Crippen LogP contribution in [0.15, 0.2) is 12.1 Å². The summed E-state index contributed by atoms with van der Waals surface area (Å²) in [5.74, 6) is 0.566. The van der Waals surface area contributed by atoms with Crippen LogP contribution in [0.5, 0.6) is 0 Å². The fourth-order valence-corrected chi connectivity index (χ4v) is 2.13. The molecule has 92 valence electrons. The number of anilines is 2. The summed E-state index contributed by atoms with van der Waals surface area (Å²) in [5, 5.41) is 6.34. The Bertz CT molecular complexity index is 450. The van der Waals surface area contributed by atoms with Crippen molar-refractivity contribution < 1.29 is 4.79 Å². The van der Waals surface area contributed by atoms with E-state index in [0.29, 0.717) is 18.4 Å². The van der Waals surface area contributed by atoms with Gasteiger partial charge in [0.05, 0.1) is 17.8 Å². The van der Waals surface area contributed by atoms with E-state index in [-0.39, 0.29) is 5.91 Å². The van der Waals surface area contributed by atoms with E-state index in [1.165, 1.54) is 5.56 Å². The zero-order chi connectivity index (χ0) is 12.6. The van der Waals surface area contributed by atoms with Gasteiger partial charge in [-0.05, 0) is 37.0 Å². The number of nitrogens with one attached hydrogen (secondary N) is 2. The molecule has 0 spiro atoms. The van der Waals surface area contributed by atoms with Gasteiger partial charge in [-0.2, -0.15) is 0 Å². The Morgan fingerprint density at radius 1 is 1.24 bits per heavy atom. The largest absolute Gasteiger partial charge is 0.381 e. The maximum Gasteiger partial charge on any atom is 0.228 e. The molecule has 0 aliphatic carbocycles. The van der Waals surface area contributed by atoms with E-state index in [0.717, 1.165) is 16.9 Å². The van der Waals surface area contributed by atoms with Crippen LogP contribution in [0.3, 0.4) is 0 Å². The second-order valence-electron chi connectivity index (χ2n) is 5.28. The van der Waals surface area contributed by atoms with E-state index >= 15 is 0 Å². The van der Waals surface area contributed by atoms with Crippen molar-refractivity contribution in [2.24, 2.45) is 0 Å². The minimum Gasteiger partial charge on any atom is -0.381 e. The van der Waals surface area contributed by atoms with Crippen LogP contribution in [-0.4, -0.2) is 11.9 Å². The number of carbonyl (C=O) groups excluding carboxylic acids is 1. The molecule has 0 radical (unpaired) electrons. The molecule has 1 aromatic rings. The monoisotopic (exact) mass is 232 g/mol. The molecule has 3 nitrogen and oxygen atoms in total. The highest BCUT2D eigenvalue weighted by Crippen LogP contribution is 2.35. The molecular formula is C14H20N2O. The van der Waals surface area contributed by atoms with Crippen LogP contribution in [0.1, 0.15) is 44.7 Å². The number of hydrogen-bond acceptors (Lipinski definition) is 2. The Morgan fingerprint density at radius 2 is 1.94 bits per heavy atom. The fourth-order valence-electron chi connectivity index (χ4n) is 2.13. The van der Waals surface area contributed by atoms with Gasteiger partial charge in [-0.15, -0.1) is 0 Å². The van der Waals surface area contributed by atoms with Crippen LogP contribution in [-0.2, 0) is 11.2 Å².